The van der Waals surface area contributed by atoms with E-state index in [-0.39, 0.29) is 30.0 Å². The molecule has 0 bridgehead atoms. The van der Waals surface area contributed by atoms with E-state index >= 15 is 0 Å². The highest BCUT2D eigenvalue weighted by molar-refractivity contribution is 5.95. The molecule has 1 atom stereocenters. The first-order chi connectivity index (χ1) is 16.0. The molecule has 0 fully saturated rings. The second-order valence-electron chi connectivity index (χ2n) is 7.01. The van der Waals surface area contributed by atoms with E-state index < -0.39 is 24.0 Å². The molecule has 3 heterocycles. The van der Waals surface area contributed by atoms with Gasteiger partial charge in [0.2, 0.25) is 0 Å². The molecule has 0 aliphatic carbocycles. The van der Waals surface area contributed by atoms with Gasteiger partial charge in [-0.05, 0) is 36.8 Å². The molecule has 3 aromatic rings. The van der Waals surface area contributed by atoms with Crippen molar-refractivity contribution in [3.63, 3.8) is 0 Å². The normalized spacial score (nSPS) is 15.6. The molecule has 1 aromatic carbocycles. The molecule has 1 unspecified atom stereocenters. The number of nitrogens with zero attached hydrogens (tertiary/aromatic N) is 3. The van der Waals surface area contributed by atoms with Crippen molar-refractivity contribution in [2.45, 2.75) is 13.0 Å². The predicted octanol–water partition coefficient (Wildman–Crippen LogP) is 1.77. The molecule has 0 spiro atoms. The highest BCUT2D eigenvalue weighted by Crippen LogP contribution is 2.29. The van der Waals surface area contributed by atoms with Gasteiger partial charge in [0, 0.05) is 6.20 Å². The van der Waals surface area contributed by atoms with Gasteiger partial charge in [-0.1, -0.05) is 12.1 Å². The number of carbonyl (C=O) groups is 3. The van der Waals surface area contributed by atoms with Gasteiger partial charge in [-0.15, -0.1) is 10.2 Å². The number of pyridine rings is 1. The van der Waals surface area contributed by atoms with E-state index in [0.717, 1.165) is 0 Å². The lowest BCUT2D eigenvalue weighted by molar-refractivity contribution is -0.139. The lowest BCUT2D eigenvalue weighted by Gasteiger charge is -2.29. The van der Waals surface area contributed by atoms with E-state index in [0.29, 0.717) is 17.0 Å². The Morgan fingerprint density at radius 3 is 2.61 bits per heavy atom. The number of nitrogens with one attached hydrogen (secondary N) is 2. The number of urea groups is 1. The molecule has 4 rings (SSSR count). The summed E-state index contributed by atoms with van der Waals surface area (Å²) in [5.74, 6) is -0.655. The highest BCUT2D eigenvalue weighted by Gasteiger charge is 2.34. The molecule has 0 saturated carbocycles. The van der Waals surface area contributed by atoms with Crippen molar-refractivity contribution < 1.29 is 28.6 Å². The summed E-state index contributed by atoms with van der Waals surface area (Å²) >= 11 is 0. The molecule has 11 heteroatoms. The average Bonchev–Trinajstić information content (AvgIpc) is 3.30. The first kappa shape index (κ1) is 21.8. The van der Waals surface area contributed by atoms with Crippen molar-refractivity contribution in [1.29, 1.82) is 0 Å². The van der Waals surface area contributed by atoms with Crippen LogP contribution in [0.15, 0.2) is 60.2 Å². The predicted molar refractivity (Wildman–Crippen MR) is 114 cm³/mol. The molecule has 2 amide bonds. The maximum atomic E-state index is 12.8. The Hall–Kier alpha value is -4.41. The van der Waals surface area contributed by atoms with E-state index in [2.05, 4.69) is 20.8 Å². The zero-order valence-corrected chi connectivity index (χ0v) is 17.9. The van der Waals surface area contributed by atoms with Gasteiger partial charge in [0.05, 0.1) is 36.6 Å². The molecule has 33 heavy (non-hydrogen) atoms. The third-order valence-corrected chi connectivity index (χ3v) is 4.97. The van der Waals surface area contributed by atoms with Crippen LogP contribution in [0.5, 0.6) is 5.75 Å². The summed E-state index contributed by atoms with van der Waals surface area (Å²) in [4.78, 5) is 37.7. The Balaban J connectivity index is 1.62. The number of esters is 2. The van der Waals surface area contributed by atoms with Crippen molar-refractivity contribution in [1.82, 2.24) is 25.2 Å². The van der Waals surface area contributed by atoms with Crippen LogP contribution >= 0.6 is 0 Å². The van der Waals surface area contributed by atoms with Crippen molar-refractivity contribution in [2.24, 2.45) is 0 Å². The fourth-order valence-electron chi connectivity index (χ4n) is 3.40. The van der Waals surface area contributed by atoms with E-state index in [1.54, 1.807) is 54.8 Å². The summed E-state index contributed by atoms with van der Waals surface area (Å²) in [5.41, 5.74) is 1.75. The number of ether oxygens (including phenoxy) is 3. The van der Waals surface area contributed by atoms with E-state index in [1.807, 2.05) is 0 Å². The minimum atomic E-state index is -0.800. The van der Waals surface area contributed by atoms with Gasteiger partial charge in [0.25, 0.3) is 0 Å². The van der Waals surface area contributed by atoms with E-state index in [1.165, 1.54) is 12.5 Å². The summed E-state index contributed by atoms with van der Waals surface area (Å²) in [7, 11) is 1.54. The van der Waals surface area contributed by atoms with Crippen LogP contribution in [0, 0.1) is 0 Å². The molecule has 0 saturated heterocycles. The summed E-state index contributed by atoms with van der Waals surface area (Å²) in [6.45, 7) is 1.47. The molecule has 170 valence electrons. The molecule has 1 aliphatic heterocycles. The molecular weight excluding hydrogens is 430 g/mol. The van der Waals surface area contributed by atoms with Crippen LogP contribution in [0.3, 0.4) is 0 Å². The van der Waals surface area contributed by atoms with Crippen LogP contribution < -0.4 is 15.4 Å². The van der Waals surface area contributed by atoms with Crippen molar-refractivity contribution in [3.8, 4) is 5.75 Å². The van der Waals surface area contributed by atoms with Crippen LogP contribution in [-0.2, 0) is 14.3 Å². The maximum absolute atomic E-state index is 12.8. The lowest BCUT2D eigenvalue weighted by atomic mass is 9.95. The monoisotopic (exact) mass is 451 g/mol. The number of rotatable bonds is 7. The Kier molecular flexibility index (Phi) is 6.20. The zero-order valence-electron chi connectivity index (χ0n) is 17.9. The first-order valence-electron chi connectivity index (χ1n) is 10.1. The smallest absolute Gasteiger partial charge is 0.340 e. The van der Waals surface area contributed by atoms with Gasteiger partial charge in [-0.2, -0.15) is 0 Å². The number of amides is 2. The summed E-state index contributed by atoms with van der Waals surface area (Å²) < 4.78 is 17.3. The number of carbonyl (C=O) groups excluding carboxylic acids is 3. The van der Waals surface area contributed by atoms with Crippen molar-refractivity contribution in [3.05, 3.63) is 71.3 Å². The van der Waals surface area contributed by atoms with Gasteiger partial charge in [-0.25, -0.2) is 14.4 Å². The van der Waals surface area contributed by atoms with Gasteiger partial charge >= 0.3 is 18.0 Å². The third kappa shape index (κ3) is 4.61. The standard InChI is InChI=1S/C22H21N5O6/c1-3-32-21(29)18-16(11-33-20(28)14-6-9-17-26-23-12-27(17)10-14)24-22(30)25-19(18)13-4-7-15(31-2)8-5-13/h4-10,12,19H,3,11H2,1-2H3,(H2,24,25,30). The van der Waals surface area contributed by atoms with Crippen LogP contribution in [0.2, 0.25) is 0 Å². The SMILES string of the molecule is CCOC(=O)C1=C(COC(=O)c2ccc3nncn3c2)NC(=O)NC1c1ccc(OC)cc1. The van der Waals surface area contributed by atoms with Gasteiger partial charge in [0.15, 0.2) is 5.65 Å². The third-order valence-electron chi connectivity index (χ3n) is 4.97. The maximum Gasteiger partial charge on any atom is 0.340 e. The van der Waals surface area contributed by atoms with E-state index in [4.69, 9.17) is 14.2 Å². The number of benzene rings is 1. The Morgan fingerprint density at radius 2 is 1.88 bits per heavy atom. The molecule has 2 aromatic heterocycles. The van der Waals surface area contributed by atoms with Crippen LogP contribution in [-0.4, -0.2) is 52.9 Å². The fourth-order valence-corrected chi connectivity index (χ4v) is 3.40. The molecule has 11 nitrogen and oxygen atoms in total. The summed E-state index contributed by atoms with van der Waals surface area (Å²) in [6, 6.07) is 8.72. The molecule has 0 radical (unpaired) electrons. The van der Waals surface area contributed by atoms with Crippen molar-refractivity contribution >= 4 is 23.6 Å². The largest absolute Gasteiger partial charge is 0.497 e. The van der Waals surface area contributed by atoms with E-state index in [9.17, 15) is 14.4 Å². The second kappa shape index (κ2) is 9.39. The summed E-state index contributed by atoms with van der Waals surface area (Å²) in [5, 5.41) is 12.9. The number of aromatic nitrogens is 3. The number of hydrogen-bond donors (Lipinski definition) is 2. The Morgan fingerprint density at radius 1 is 1.09 bits per heavy atom. The van der Waals surface area contributed by atoms with Crippen LogP contribution in [0.4, 0.5) is 4.79 Å². The molecule has 1 aliphatic rings. The lowest BCUT2D eigenvalue weighted by Crippen LogP contribution is -2.47. The summed E-state index contributed by atoms with van der Waals surface area (Å²) in [6.07, 6.45) is 2.99. The second-order valence-corrected chi connectivity index (χ2v) is 7.01. The number of hydrogen-bond acceptors (Lipinski definition) is 8. The quantitative estimate of drug-likeness (QED) is 0.519. The molecule has 2 N–H and O–H groups in total. The van der Waals surface area contributed by atoms with Crippen molar-refractivity contribution in [2.75, 3.05) is 20.3 Å². The average molecular weight is 451 g/mol. The zero-order chi connectivity index (χ0) is 23.4. The minimum Gasteiger partial charge on any atom is -0.497 e. The Labute approximate surface area is 188 Å². The van der Waals surface area contributed by atoms with Gasteiger partial charge in [-0.3, -0.25) is 4.40 Å². The highest BCUT2D eigenvalue weighted by atomic mass is 16.5. The van der Waals surface area contributed by atoms with Crippen LogP contribution in [0.1, 0.15) is 28.9 Å². The number of methoxy groups -OCH3 is 1. The first-order valence-corrected chi connectivity index (χ1v) is 10.1. The van der Waals surface area contributed by atoms with Gasteiger partial charge < -0.3 is 24.8 Å². The topological polar surface area (TPSA) is 133 Å². The van der Waals surface area contributed by atoms with Gasteiger partial charge in [0.1, 0.15) is 18.7 Å². The number of fused-ring (bicyclic) bond motifs is 1. The molecular formula is C22H21N5O6. The minimum absolute atomic E-state index is 0.136. The fraction of sp³-hybridized carbons (Fsp3) is 0.227. The van der Waals surface area contributed by atoms with Crippen LogP contribution in [0.25, 0.3) is 5.65 Å². The Bertz CT molecular complexity index is 1230.